The third-order valence-corrected chi connectivity index (χ3v) is 5.51. The molecule has 1 aliphatic carbocycles. The standard InChI is InChI=1S/C28H38N2O5/c1-7-13-21-20(8-2)24(23-15-10-9-14-22(21)23)18-34-27(33)30-25(26(31)32)16-11-12-17-29-19(3)35-28(4,5)6/h7-10,13-15,24-25,29H,2-3,11-12,16-18H2,1,4-6H3,(H,30,33)(H,31,32)/b13-7-. The summed E-state index contributed by atoms with van der Waals surface area (Å²) in [5.41, 5.74) is 3.85. The number of aliphatic carboxylic acids is 1. The van der Waals surface area contributed by atoms with E-state index in [0.29, 0.717) is 25.3 Å². The van der Waals surface area contributed by atoms with Crippen LogP contribution in [0.5, 0.6) is 0 Å². The molecule has 0 spiro atoms. The molecule has 0 saturated carbocycles. The molecule has 7 heteroatoms. The van der Waals surface area contributed by atoms with Gasteiger partial charge in [-0.3, -0.25) is 0 Å². The van der Waals surface area contributed by atoms with Crippen LogP contribution < -0.4 is 10.6 Å². The zero-order valence-electron chi connectivity index (χ0n) is 21.2. The van der Waals surface area contributed by atoms with Crippen molar-refractivity contribution < 1.29 is 24.2 Å². The lowest BCUT2D eigenvalue weighted by atomic mass is 9.97. The van der Waals surface area contributed by atoms with Gasteiger partial charge in [-0.25, -0.2) is 9.59 Å². The summed E-state index contributed by atoms with van der Waals surface area (Å²) in [5.74, 6) is -0.768. The van der Waals surface area contributed by atoms with Gasteiger partial charge in [-0.2, -0.15) is 0 Å². The molecule has 2 unspecified atom stereocenters. The van der Waals surface area contributed by atoms with Gasteiger partial charge >= 0.3 is 12.1 Å². The van der Waals surface area contributed by atoms with Gasteiger partial charge in [-0.1, -0.05) is 49.1 Å². The average Bonchev–Trinajstić information content (AvgIpc) is 3.08. The minimum absolute atomic E-state index is 0.0946. The molecule has 7 nitrogen and oxygen atoms in total. The third-order valence-electron chi connectivity index (χ3n) is 5.51. The first kappa shape index (κ1) is 27.8. The molecule has 0 fully saturated rings. The maximum absolute atomic E-state index is 12.4. The molecule has 0 saturated heterocycles. The van der Waals surface area contributed by atoms with Gasteiger partial charge in [0.25, 0.3) is 0 Å². The Kier molecular flexibility index (Phi) is 10.2. The van der Waals surface area contributed by atoms with E-state index in [0.717, 1.165) is 22.3 Å². The van der Waals surface area contributed by atoms with Gasteiger partial charge in [0.05, 0.1) is 0 Å². The second-order valence-electron chi connectivity index (χ2n) is 9.41. The van der Waals surface area contributed by atoms with Crippen molar-refractivity contribution in [3.05, 3.63) is 78.2 Å². The fourth-order valence-electron chi connectivity index (χ4n) is 4.05. The number of nitrogens with one attached hydrogen (secondary N) is 2. The van der Waals surface area contributed by atoms with E-state index in [1.54, 1.807) is 6.08 Å². The largest absolute Gasteiger partial charge is 0.480 e. The number of hydrogen-bond donors (Lipinski definition) is 3. The van der Waals surface area contributed by atoms with Crippen molar-refractivity contribution in [2.75, 3.05) is 13.2 Å². The Balaban J connectivity index is 1.87. The van der Waals surface area contributed by atoms with Crippen LogP contribution in [0.4, 0.5) is 4.79 Å². The monoisotopic (exact) mass is 482 g/mol. The SMILES string of the molecule is C=CC1=C(/C=C\C)c2ccccc2C1COC(=O)NC(CCCCNC(=C)OC(C)(C)C)C(=O)O. The highest BCUT2D eigenvalue weighted by Gasteiger charge is 2.30. The molecule has 1 aromatic rings. The van der Waals surface area contributed by atoms with Gasteiger partial charge in [0.1, 0.15) is 18.2 Å². The summed E-state index contributed by atoms with van der Waals surface area (Å²) >= 11 is 0. The van der Waals surface area contributed by atoms with Crippen molar-refractivity contribution in [2.24, 2.45) is 0 Å². The highest BCUT2D eigenvalue weighted by molar-refractivity contribution is 5.86. The fraction of sp³-hybridized carbons (Fsp3) is 0.429. The van der Waals surface area contributed by atoms with E-state index in [1.807, 2.05) is 64.1 Å². The van der Waals surface area contributed by atoms with Crippen molar-refractivity contribution >= 4 is 17.6 Å². The number of alkyl carbamates (subject to hydrolysis) is 1. The quantitative estimate of drug-likeness (QED) is 0.253. The van der Waals surface area contributed by atoms with Gasteiger partial charge in [0.15, 0.2) is 5.88 Å². The van der Waals surface area contributed by atoms with Crippen molar-refractivity contribution in [2.45, 2.75) is 64.5 Å². The van der Waals surface area contributed by atoms with Crippen LogP contribution in [0.1, 0.15) is 64.0 Å². The smallest absolute Gasteiger partial charge is 0.407 e. The molecule has 1 aromatic carbocycles. The van der Waals surface area contributed by atoms with Crippen molar-refractivity contribution in [3.8, 4) is 0 Å². The first-order valence-corrected chi connectivity index (χ1v) is 11.9. The molecule has 0 aliphatic heterocycles. The predicted molar refractivity (Wildman–Crippen MR) is 139 cm³/mol. The van der Waals surface area contributed by atoms with E-state index in [2.05, 4.69) is 23.8 Å². The number of carbonyl (C=O) groups excluding carboxylic acids is 1. The molecule has 0 radical (unpaired) electrons. The van der Waals surface area contributed by atoms with Crippen LogP contribution in [0.2, 0.25) is 0 Å². The summed E-state index contributed by atoms with van der Waals surface area (Å²) in [6, 6.07) is 6.94. The molecular weight excluding hydrogens is 444 g/mol. The number of benzene rings is 1. The summed E-state index contributed by atoms with van der Waals surface area (Å²) in [6.07, 6.45) is 6.61. The first-order valence-electron chi connectivity index (χ1n) is 11.9. The van der Waals surface area contributed by atoms with E-state index in [9.17, 15) is 14.7 Å². The Morgan fingerprint density at radius 3 is 2.57 bits per heavy atom. The second kappa shape index (κ2) is 12.8. The van der Waals surface area contributed by atoms with Crippen LogP contribution in [-0.2, 0) is 14.3 Å². The van der Waals surface area contributed by atoms with Gasteiger partial charge < -0.3 is 25.2 Å². The van der Waals surface area contributed by atoms with Crippen LogP contribution in [0, 0.1) is 0 Å². The number of carboxylic acids is 1. The predicted octanol–water partition coefficient (Wildman–Crippen LogP) is 5.53. The minimum Gasteiger partial charge on any atom is -0.480 e. The molecule has 0 heterocycles. The number of fused-ring (bicyclic) bond motifs is 1. The van der Waals surface area contributed by atoms with Crippen LogP contribution in [0.15, 0.2) is 67.1 Å². The maximum atomic E-state index is 12.4. The number of hydrogen-bond acceptors (Lipinski definition) is 5. The molecular formula is C28H38N2O5. The van der Waals surface area contributed by atoms with Gasteiger partial charge in [0.2, 0.25) is 0 Å². The normalized spacial score (nSPS) is 15.9. The van der Waals surface area contributed by atoms with Crippen LogP contribution in [-0.4, -0.2) is 42.0 Å². The number of ether oxygens (including phenoxy) is 2. The minimum atomic E-state index is -1.09. The highest BCUT2D eigenvalue weighted by atomic mass is 16.5. The number of carbonyl (C=O) groups is 2. The maximum Gasteiger partial charge on any atom is 0.407 e. The van der Waals surface area contributed by atoms with E-state index in [-0.39, 0.29) is 24.5 Å². The first-order chi connectivity index (χ1) is 16.6. The average molecular weight is 483 g/mol. The van der Waals surface area contributed by atoms with E-state index >= 15 is 0 Å². The summed E-state index contributed by atoms with van der Waals surface area (Å²) < 4.78 is 11.1. The van der Waals surface area contributed by atoms with Crippen molar-refractivity contribution in [3.63, 3.8) is 0 Å². The lowest BCUT2D eigenvalue weighted by Crippen LogP contribution is -2.41. The summed E-state index contributed by atoms with van der Waals surface area (Å²) in [7, 11) is 0. The summed E-state index contributed by atoms with van der Waals surface area (Å²) in [4.78, 5) is 24.1. The van der Waals surface area contributed by atoms with Crippen LogP contribution in [0.3, 0.4) is 0 Å². The van der Waals surface area contributed by atoms with Crippen molar-refractivity contribution in [1.29, 1.82) is 0 Å². The second-order valence-corrected chi connectivity index (χ2v) is 9.41. The Morgan fingerprint density at radius 2 is 1.94 bits per heavy atom. The zero-order valence-corrected chi connectivity index (χ0v) is 21.2. The van der Waals surface area contributed by atoms with Gasteiger partial charge in [0, 0.05) is 12.5 Å². The molecule has 1 amide bonds. The molecule has 3 N–H and O–H groups in total. The molecule has 190 valence electrons. The molecule has 1 aliphatic rings. The molecule has 2 rings (SSSR count). The Bertz CT molecular complexity index is 987. The van der Waals surface area contributed by atoms with Gasteiger partial charge in [-0.15, -0.1) is 0 Å². The Morgan fingerprint density at radius 1 is 1.23 bits per heavy atom. The number of carboxylic acid groups (broad SMARTS) is 1. The van der Waals surface area contributed by atoms with Crippen molar-refractivity contribution in [1.82, 2.24) is 10.6 Å². The lowest BCUT2D eigenvalue weighted by Gasteiger charge is -2.23. The molecule has 2 atom stereocenters. The lowest BCUT2D eigenvalue weighted by molar-refractivity contribution is -0.139. The summed E-state index contributed by atoms with van der Waals surface area (Å²) in [5, 5.41) is 15.1. The zero-order chi connectivity index (χ0) is 26.0. The van der Waals surface area contributed by atoms with Crippen LogP contribution >= 0.6 is 0 Å². The Hall–Kier alpha value is -3.48. The van der Waals surface area contributed by atoms with E-state index in [4.69, 9.17) is 9.47 Å². The third kappa shape index (κ3) is 8.35. The van der Waals surface area contributed by atoms with E-state index in [1.165, 1.54) is 0 Å². The molecule has 0 aromatic heterocycles. The van der Waals surface area contributed by atoms with Gasteiger partial charge in [-0.05, 0) is 75.8 Å². The molecule has 35 heavy (non-hydrogen) atoms. The molecule has 0 bridgehead atoms. The number of unbranched alkanes of at least 4 members (excludes halogenated alkanes) is 1. The topological polar surface area (TPSA) is 96.9 Å². The van der Waals surface area contributed by atoms with E-state index < -0.39 is 18.1 Å². The highest BCUT2D eigenvalue weighted by Crippen LogP contribution is 2.43. The fourth-order valence-corrected chi connectivity index (χ4v) is 4.05. The van der Waals surface area contributed by atoms with Crippen LogP contribution in [0.25, 0.3) is 5.57 Å². The summed E-state index contributed by atoms with van der Waals surface area (Å²) in [6.45, 7) is 16.2. The Labute approximate surface area is 208 Å². The number of allylic oxidation sites excluding steroid dienone is 4. The number of rotatable bonds is 13. The number of amides is 1.